The molecule has 0 aliphatic heterocycles. The van der Waals surface area contributed by atoms with Crippen LogP contribution >= 0.6 is 31.9 Å². The van der Waals surface area contributed by atoms with Gasteiger partial charge in [-0.25, -0.2) is 0 Å². The number of methoxy groups -OCH3 is 1. The van der Waals surface area contributed by atoms with Crippen molar-refractivity contribution < 1.29 is 9.47 Å². The van der Waals surface area contributed by atoms with E-state index in [0.717, 1.165) is 31.6 Å². The first kappa shape index (κ1) is 14.4. The summed E-state index contributed by atoms with van der Waals surface area (Å²) in [5, 5.41) is 0. The fourth-order valence-electron chi connectivity index (χ4n) is 1.74. The summed E-state index contributed by atoms with van der Waals surface area (Å²) in [6.07, 6.45) is 0. The van der Waals surface area contributed by atoms with E-state index in [2.05, 4.69) is 31.9 Å². The third-order valence-corrected chi connectivity index (χ3v) is 3.76. The van der Waals surface area contributed by atoms with Crippen LogP contribution in [-0.2, 0) is 6.61 Å². The molecule has 19 heavy (non-hydrogen) atoms. The molecule has 0 heterocycles. The Balaban J connectivity index is 2.18. The molecule has 2 nitrogen and oxygen atoms in total. The predicted molar refractivity (Wildman–Crippen MR) is 83.9 cm³/mol. The summed E-state index contributed by atoms with van der Waals surface area (Å²) in [5.74, 6) is 1.70. The average Bonchev–Trinajstić information content (AvgIpc) is 2.40. The maximum atomic E-state index is 5.87. The van der Waals surface area contributed by atoms with Gasteiger partial charge in [-0.05, 0) is 42.8 Å². The Hall–Kier alpha value is -1.00. The molecule has 4 heteroatoms. The quantitative estimate of drug-likeness (QED) is 0.728. The Morgan fingerprint density at radius 3 is 2.37 bits per heavy atom. The lowest BCUT2D eigenvalue weighted by molar-refractivity contribution is 0.294. The molecule has 0 saturated carbocycles. The fourth-order valence-corrected chi connectivity index (χ4v) is 2.49. The van der Waals surface area contributed by atoms with Crippen LogP contribution in [0.2, 0.25) is 0 Å². The Labute approximate surface area is 130 Å². The zero-order chi connectivity index (χ0) is 13.8. The van der Waals surface area contributed by atoms with Crippen molar-refractivity contribution >= 4 is 31.9 Å². The van der Waals surface area contributed by atoms with Gasteiger partial charge < -0.3 is 9.47 Å². The monoisotopic (exact) mass is 384 g/mol. The van der Waals surface area contributed by atoms with Crippen molar-refractivity contribution in [1.82, 2.24) is 0 Å². The van der Waals surface area contributed by atoms with Crippen LogP contribution in [0.25, 0.3) is 0 Å². The fraction of sp³-hybridized carbons (Fsp3) is 0.200. The van der Waals surface area contributed by atoms with Crippen LogP contribution in [0.4, 0.5) is 0 Å². The second kappa shape index (κ2) is 6.44. The summed E-state index contributed by atoms with van der Waals surface area (Å²) >= 11 is 6.91. The first-order valence-corrected chi connectivity index (χ1v) is 7.40. The van der Waals surface area contributed by atoms with E-state index < -0.39 is 0 Å². The highest BCUT2D eigenvalue weighted by Gasteiger charge is 2.06. The van der Waals surface area contributed by atoms with Gasteiger partial charge in [-0.1, -0.05) is 37.9 Å². The third kappa shape index (κ3) is 3.74. The van der Waals surface area contributed by atoms with Crippen LogP contribution in [0.5, 0.6) is 11.5 Å². The Morgan fingerprint density at radius 2 is 1.63 bits per heavy atom. The topological polar surface area (TPSA) is 18.5 Å². The molecule has 0 aliphatic carbocycles. The number of aryl methyl sites for hydroxylation is 1. The summed E-state index contributed by atoms with van der Waals surface area (Å²) < 4.78 is 13.2. The molecule has 0 bridgehead atoms. The summed E-state index contributed by atoms with van der Waals surface area (Å²) in [6, 6.07) is 11.9. The normalized spacial score (nSPS) is 10.3. The molecule has 2 aromatic carbocycles. The highest BCUT2D eigenvalue weighted by molar-refractivity contribution is 9.10. The SMILES string of the molecule is COc1ccc(Br)cc1COc1cc(Br)ccc1C. The van der Waals surface area contributed by atoms with Gasteiger partial charge in [0.25, 0.3) is 0 Å². The largest absolute Gasteiger partial charge is 0.496 e. The molecule has 2 rings (SSSR count). The highest BCUT2D eigenvalue weighted by atomic mass is 79.9. The van der Waals surface area contributed by atoms with Gasteiger partial charge in [-0.3, -0.25) is 0 Å². The van der Waals surface area contributed by atoms with E-state index in [-0.39, 0.29) is 0 Å². The van der Waals surface area contributed by atoms with Crippen molar-refractivity contribution in [2.24, 2.45) is 0 Å². The van der Waals surface area contributed by atoms with Crippen molar-refractivity contribution in [3.8, 4) is 11.5 Å². The Morgan fingerprint density at radius 1 is 0.947 bits per heavy atom. The molecule has 0 aliphatic rings. The number of rotatable bonds is 4. The second-order valence-electron chi connectivity index (χ2n) is 4.15. The molecule has 0 spiro atoms. The van der Waals surface area contributed by atoms with Crippen molar-refractivity contribution in [2.45, 2.75) is 13.5 Å². The number of benzene rings is 2. The molecule has 0 saturated heterocycles. The molecule has 100 valence electrons. The lowest BCUT2D eigenvalue weighted by atomic mass is 10.2. The highest BCUT2D eigenvalue weighted by Crippen LogP contribution is 2.27. The zero-order valence-corrected chi connectivity index (χ0v) is 13.9. The summed E-state index contributed by atoms with van der Waals surface area (Å²) in [6.45, 7) is 2.50. The Kier molecular flexibility index (Phi) is 4.88. The third-order valence-electron chi connectivity index (χ3n) is 2.78. The molecule has 2 aromatic rings. The second-order valence-corrected chi connectivity index (χ2v) is 5.99. The zero-order valence-electron chi connectivity index (χ0n) is 10.7. The smallest absolute Gasteiger partial charge is 0.125 e. The van der Waals surface area contributed by atoms with Crippen LogP contribution in [0.1, 0.15) is 11.1 Å². The maximum Gasteiger partial charge on any atom is 0.125 e. The van der Waals surface area contributed by atoms with Crippen molar-refractivity contribution in [3.05, 3.63) is 56.5 Å². The van der Waals surface area contributed by atoms with Gasteiger partial charge in [-0.15, -0.1) is 0 Å². The van der Waals surface area contributed by atoms with E-state index in [1.165, 1.54) is 0 Å². The molecule has 0 fully saturated rings. The van der Waals surface area contributed by atoms with Gasteiger partial charge in [0, 0.05) is 14.5 Å². The number of hydrogen-bond donors (Lipinski definition) is 0. The van der Waals surface area contributed by atoms with E-state index in [1.54, 1.807) is 7.11 Å². The molecule has 0 atom stereocenters. The standard InChI is InChI=1S/C15H14Br2O2/c1-10-3-4-13(17)8-15(10)19-9-11-7-12(16)5-6-14(11)18-2/h3-8H,9H2,1-2H3. The van der Waals surface area contributed by atoms with E-state index in [9.17, 15) is 0 Å². The summed E-state index contributed by atoms with van der Waals surface area (Å²) in [5.41, 5.74) is 2.12. The number of ether oxygens (including phenoxy) is 2. The minimum atomic E-state index is 0.472. The minimum Gasteiger partial charge on any atom is -0.496 e. The average molecular weight is 386 g/mol. The molecule has 0 amide bonds. The molecular weight excluding hydrogens is 372 g/mol. The molecule has 0 aromatic heterocycles. The van der Waals surface area contributed by atoms with E-state index >= 15 is 0 Å². The minimum absolute atomic E-state index is 0.472. The molecule has 0 N–H and O–H groups in total. The number of halogens is 2. The van der Waals surface area contributed by atoms with Crippen molar-refractivity contribution in [3.63, 3.8) is 0 Å². The van der Waals surface area contributed by atoms with Gasteiger partial charge in [0.05, 0.1) is 7.11 Å². The van der Waals surface area contributed by atoms with Crippen LogP contribution in [0.3, 0.4) is 0 Å². The van der Waals surface area contributed by atoms with Crippen LogP contribution in [0.15, 0.2) is 45.3 Å². The van der Waals surface area contributed by atoms with Gasteiger partial charge in [-0.2, -0.15) is 0 Å². The van der Waals surface area contributed by atoms with Crippen LogP contribution in [-0.4, -0.2) is 7.11 Å². The number of hydrogen-bond acceptors (Lipinski definition) is 2. The summed E-state index contributed by atoms with van der Waals surface area (Å²) in [7, 11) is 1.66. The molecular formula is C15H14Br2O2. The first-order chi connectivity index (χ1) is 9.10. The predicted octanol–water partition coefficient (Wildman–Crippen LogP) is 5.11. The van der Waals surface area contributed by atoms with Crippen LogP contribution < -0.4 is 9.47 Å². The maximum absolute atomic E-state index is 5.87. The lowest BCUT2D eigenvalue weighted by Crippen LogP contribution is -2.00. The molecule has 0 unspecified atom stereocenters. The van der Waals surface area contributed by atoms with Crippen LogP contribution in [0, 0.1) is 6.92 Å². The molecule has 0 radical (unpaired) electrons. The Bertz CT molecular complexity index is 582. The summed E-state index contributed by atoms with van der Waals surface area (Å²) in [4.78, 5) is 0. The lowest BCUT2D eigenvalue weighted by Gasteiger charge is -2.12. The first-order valence-electron chi connectivity index (χ1n) is 5.81. The van der Waals surface area contributed by atoms with E-state index in [4.69, 9.17) is 9.47 Å². The van der Waals surface area contributed by atoms with E-state index in [1.807, 2.05) is 43.3 Å². The van der Waals surface area contributed by atoms with Gasteiger partial charge in [0.2, 0.25) is 0 Å². The van der Waals surface area contributed by atoms with Gasteiger partial charge in [0.15, 0.2) is 0 Å². The van der Waals surface area contributed by atoms with Crippen molar-refractivity contribution in [2.75, 3.05) is 7.11 Å². The van der Waals surface area contributed by atoms with Gasteiger partial charge in [0.1, 0.15) is 18.1 Å². The van der Waals surface area contributed by atoms with E-state index in [0.29, 0.717) is 6.61 Å². The van der Waals surface area contributed by atoms with Gasteiger partial charge >= 0.3 is 0 Å². The van der Waals surface area contributed by atoms with Crippen molar-refractivity contribution in [1.29, 1.82) is 0 Å².